The van der Waals surface area contributed by atoms with E-state index in [1.165, 1.54) is 0 Å². The highest BCUT2D eigenvalue weighted by molar-refractivity contribution is 5.47. The third-order valence-electron chi connectivity index (χ3n) is 4.55. The van der Waals surface area contributed by atoms with E-state index in [-0.39, 0.29) is 5.92 Å². The fourth-order valence-corrected chi connectivity index (χ4v) is 3.39. The first-order valence-corrected chi connectivity index (χ1v) is 9.10. The van der Waals surface area contributed by atoms with E-state index in [0.29, 0.717) is 11.8 Å². The van der Waals surface area contributed by atoms with Gasteiger partial charge in [-0.25, -0.2) is 24.9 Å². The standard InChI is InChI=1S/C19H22N8/c1-13-9-14(2)24-18(23-13)26-17-11-20-10-16(25-17)15-5-3-8-27(12-15)19-21-6-4-7-22-19/h4,6-7,9-11,15H,3,5,8,12H2,1-2H3,(H,23,24,25,26). The van der Waals surface area contributed by atoms with Crippen molar-refractivity contribution in [2.75, 3.05) is 23.3 Å². The molecule has 8 heteroatoms. The van der Waals surface area contributed by atoms with Crippen molar-refractivity contribution >= 4 is 17.7 Å². The van der Waals surface area contributed by atoms with E-state index < -0.39 is 0 Å². The molecule has 0 bridgehead atoms. The predicted molar refractivity (Wildman–Crippen MR) is 103 cm³/mol. The number of rotatable bonds is 4. The number of hydrogen-bond donors (Lipinski definition) is 1. The molecule has 1 aliphatic heterocycles. The van der Waals surface area contributed by atoms with Crippen LogP contribution in [-0.4, -0.2) is 43.0 Å². The van der Waals surface area contributed by atoms with Crippen LogP contribution in [0.5, 0.6) is 0 Å². The monoisotopic (exact) mass is 362 g/mol. The highest BCUT2D eigenvalue weighted by Crippen LogP contribution is 2.27. The number of piperidine rings is 1. The third-order valence-corrected chi connectivity index (χ3v) is 4.55. The average molecular weight is 362 g/mol. The summed E-state index contributed by atoms with van der Waals surface area (Å²) in [7, 11) is 0. The van der Waals surface area contributed by atoms with Gasteiger partial charge in [0.1, 0.15) is 0 Å². The summed E-state index contributed by atoms with van der Waals surface area (Å²) >= 11 is 0. The second kappa shape index (κ2) is 7.61. The lowest BCUT2D eigenvalue weighted by atomic mass is 9.95. The van der Waals surface area contributed by atoms with E-state index >= 15 is 0 Å². The Bertz CT molecular complexity index is 894. The molecule has 4 heterocycles. The fraction of sp³-hybridized carbons (Fsp3) is 0.368. The summed E-state index contributed by atoms with van der Waals surface area (Å²) in [6.07, 6.45) is 9.24. The number of aryl methyl sites for hydroxylation is 2. The minimum Gasteiger partial charge on any atom is -0.340 e. The molecule has 1 atom stereocenters. The van der Waals surface area contributed by atoms with Crippen LogP contribution in [0.1, 0.15) is 35.8 Å². The van der Waals surface area contributed by atoms with Crippen LogP contribution < -0.4 is 10.2 Å². The van der Waals surface area contributed by atoms with Gasteiger partial charge in [-0.05, 0) is 38.8 Å². The molecule has 0 aliphatic carbocycles. The van der Waals surface area contributed by atoms with Crippen molar-refractivity contribution in [2.45, 2.75) is 32.6 Å². The molecule has 1 N–H and O–H groups in total. The number of hydrogen-bond acceptors (Lipinski definition) is 8. The van der Waals surface area contributed by atoms with Gasteiger partial charge in [0.25, 0.3) is 0 Å². The highest BCUT2D eigenvalue weighted by atomic mass is 15.3. The quantitative estimate of drug-likeness (QED) is 0.757. The Morgan fingerprint density at radius 2 is 1.81 bits per heavy atom. The molecule has 1 fully saturated rings. The van der Waals surface area contributed by atoms with Gasteiger partial charge in [-0.1, -0.05) is 0 Å². The summed E-state index contributed by atoms with van der Waals surface area (Å²) in [6, 6.07) is 3.77. The van der Waals surface area contributed by atoms with Crippen molar-refractivity contribution in [1.82, 2.24) is 29.9 Å². The Kier molecular flexibility index (Phi) is 4.86. The van der Waals surface area contributed by atoms with E-state index in [2.05, 4.69) is 35.1 Å². The zero-order valence-electron chi connectivity index (χ0n) is 15.5. The van der Waals surface area contributed by atoms with Gasteiger partial charge in [0.2, 0.25) is 11.9 Å². The van der Waals surface area contributed by atoms with Crippen molar-refractivity contribution in [3.05, 3.63) is 54.0 Å². The molecule has 1 saturated heterocycles. The van der Waals surface area contributed by atoms with Gasteiger partial charge in [-0.15, -0.1) is 0 Å². The average Bonchev–Trinajstić information content (AvgIpc) is 2.68. The van der Waals surface area contributed by atoms with E-state index in [0.717, 1.165) is 49.0 Å². The largest absolute Gasteiger partial charge is 0.340 e. The van der Waals surface area contributed by atoms with Crippen LogP contribution in [0.3, 0.4) is 0 Å². The highest BCUT2D eigenvalue weighted by Gasteiger charge is 2.24. The Balaban J connectivity index is 1.51. The van der Waals surface area contributed by atoms with Crippen LogP contribution in [0.25, 0.3) is 0 Å². The van der Waals surface area contributed by atoms with Crippen molar-refractivity contribution < 1.29 is 0 Å². The first-order chi connectivity index (χ1) is 13.2. The lowest BCUT2D eigenvalue weighted by molar-refractivity contribution is 0.494. The molecule has 8 nitrogen and oxygen atoms in total. The normalized spacial score (nSPS) is 17.0. The maximum absolute atomic E-state index is 4.76. The fourth-order valence-electron chi connectivity index (χ4n) is 3.39. The van der Waals surface area contributed by atoms with Crippen LogP contribution >= 0.6 is 0 Å². The smallest absolute Gasteiger partial charge is 0.228 e. The molecule has 1 aliphatic rings. The van der Waals surface area contributed by atoms with Gasteiger partial charge in [-0.2, -0.15) is 0 Å². The summed E-state index contributed by atoms with van der Waals surface area (Å²) in [4.78, 5) is 28.9. The van der Waals surface area contributed by atoms with Crippen LogP contribution in [0.2, 0.25) is 0 Å². The first kappa shape index (κ1) is 17.3. The van der Waals surface area contributed by atoms with Crippen molar-refractivity contribution in [2.24, 2.45) is 0 Å². The van der Waals surface area contributed by atoms with E-state index in [9.17, 15) is 0 Å². The summed E-state index contributed by atoms with van der Waals surface area (Å²) in [5, 5.41) is 3.17. The topological polar surface area (TPSA) is 92.6 Å². The summed E-state index contributed by atoms with van der Waals surface area (Å²) in [6.45, 7) is 5.69. The maximum Gasteiger partial charge on any atom is 0.228 e. The molecule has 3 aromatic heterocycles. The number of nitrogens with one attached hydrogen (secondary N) is 1. The SMILES string of the molecule is Cc1cc(C)nc(Nc2cncc(C3CCCN(c4ncccn4)C3)n2)n1. The molecule has 138 valence electrons. The minimum absolute atomic E-state index is 0.289. The van der Waals surface area contributed by atoms with Crippen molar-refractivity contribution in [3.8, 4) is 0 Å². The van der Waals surface area contributed by atoms with Crippen LogP contribution in [0.4, 0.5) is 17.7 Å². The van der Waals surface area contributed by atoms with Gasteiger partial charge in [-0.3, -0.25) is 4.98 Å². The predicted octanol–water partition coefficient (Wildman–Crippen LogP) is 2.80. The molecule has 3 aromatic rings. The Hall–Kier alpha value is -3.16. The molecule has 1 unspecified atom stereocenters. The maximum atomic E-state index is 4.76. The first-order valence-electron chi connectivity index (χ1n) is 9.10. The number of aromatic nitrogens is 6. The molecule has 0 aromatic carbocycles. The minimum atomic E-state index is 0.289. The summed E-state index contributed by atoms with van der Waals surface area (Å²) in [5.74, 6) is 2.26. The molecule has 0 amide bonds. The molecular weight excluding hydrogens is 340 g/mol. The second-order valence-electron chi connectivity index (χ2n) is 6.76. The Morgan fingerprint density at radius 1 is 1.04 bits per heavy atom. The molecular formula is C19H22N8. The lowest BCUT2D eigenvalue weighted by Crippen LogP contribution is -2.35. The van der Waals surface area contributed by atoms with E-state index in [1.54, 1.807) is 18.6 Å². The van der Waals surface area contributed by atoms with E-state index in [4.69, 9.17) is 4.98 Å². The Labute approximate surface area is 158 Å². The molecule has 27 heavy (non-hydrogen) atoms. The van der Waals surface area contributed by atoms with Crippen LogP contribution in [0.15, 0.2) is 36.9 Å². The lowest BCUT2D eigenvalue weighted by Gasteiger charge is -2.32. The van der Waals surface area contributed by atoms with Gasteiger partial charge in [0, 0.05) is 49.0 Å². The Morgan fingerprint density at radius 3 is 2.59 bits per heavy atom. The van der Waals surface area contributed by atoms with Crippen molar-refractivity contribution in [1.29, 1.82) is 0 Å². The van der Waals surface area contributed by atoms with Crippen LogP contribution in [0, 0.1) is 13.8 Å². The van der Waals surface area contributed by atoms with Gasteiger partial charge in [0.05, 0.1) is 11.9 Å². The summed E-state index contributed by atoms with van der Waals surface area (Å²) < 4.78 is 0. The zero-order valence-corrected chi connectivity index (χ0v) is 15.5. The number of nitrogens with zero attached hydrogens (tertiary/aromatic N) is 7. The number of anilines is 3. The summed E-state index contributed by atoms with van der Waals surface area (Å²) in [5.41, 5.74) is 2.80. The van der Waals surface area contributed by atoms with E-state index in [1.807, 2.05) is 32.2 Å². The van der Waals surface area contributed by atoms with Gasteiger partial charge >= 0.3 is 0 Å². The van der Waals surface area contributed by atoms with Crippen LogP contribution in [-0.2, 0) is 0 Å². The van der Waals surface area contributed by atoms with Gasteiger partial charge in [0.15, 0.2) is 5.82 Å². The molecule has 0 spiro atoms. The molecule has 0 radical (unpaired) electrons. The molecule has 0 saturated carbocycles. The van der Waals surface area contributed by atoms with Gasteiger partial charge < -0.3 is 10.2 Å². The zero-order chi connectivity index (χ0) is 18.6. The van der Waals surface area contributed by atoms with Crippen molar-refractivity contribution in [3.63, 3.8) is 0 Å². The third kappa shape index (κ3) is 4.16. The second-order valence-corrected chi connectivity index (χ2v) is 6.76. The molecule has 4 rings (SSSR count).